The number of likely N-dealkylation sites (tertiary alicyclic amines) is 1. The first-order valence-electron chi connectivity index (χ1n) is 5.76. The van der Waals surface area contributed by atoms with Gasteiger partial charge in [-0.1, -0.05) is 0 Å². The van der Waals surface area contributed by atoms with Crippen molar-refractivity contribution in [1.29, 1.82) is 0 Å². The Morgan fingerprint density at radius 2 is 2.28 bits per heavy atom. The minimum absolute atomic E-state index is 0.0214. The van der Waals surface area contributed by atoms with Crippen LogP contribution in [0.25, 0.3) is 0 Å². The predicted octanol–water partition coefficient (Wildman–Crippen LogP) is 2.55. The number of thiophene rings is 1. The van der Waals surface area contributed by atoms with E-state index in [1.807, 2.05) is 19.1 Å². The Morgan fingerprint density at radius 3 is 2.78 bits per heavy atom. The van der Waals surface area contributed by atoms with Crippen LogP contribution in [-0.4, -0.2) is 35.0 Å². The normalized spacial score (nSPS) is 21.0. The van der Waals surface area contributed by atoms with E-state index in [-0.39, 0.29) is 11.8 Å². The van der Waals surface area contributed by atoms with E-state index >= 15 is 0 Å². The Morgan fingerprint density at radius 1 is 1.56 bits per heavy atom. The fourth-order valence-electron chi connectivity index (χ4n) is 2.12. The van der Waals surface area contributed by atoms with E-state index in [0.29, 0.717) is 19.5 Å². The van der Waals surface area contributed by atoms with Gasteiger partial charge in [-0.05, 0) is 41.4 Å². The molecule has 1 aromatic heterocycles. The van der Waals surface area contributed by atoms with Gasteiger partial charge in [0.15, 0.2) is 0 Å². The number of carbonyl (C=O) groups is 2. The predicted molar refractivity (Wildman–Crippen MR) is 72.8 cm³/mol. The molecule has 18 heavy (non-hydrogen) atoms. The molecular weight excluding hydrogens is 318 g/mol. The van der Waals surface area contributed by atoms with Crippen molar-refractivity contribution in [3.05, 3.63) is 20.8 Å². The molecule has 0 aliphatic carbocycles. The molecular formula is C12H14BrNO3S. The highest BCUT2D eigenvalue weighted by atomic mass is 79.9. The Balaban J connectivity index is 2.02. The number of hydrogen-bond acceptors (Lipinski definition) is 3. The molecule has 4 nitrogen and oxygen atoms in total. The largest absolute Gasteiger partial charge is 0.481 e. The number of nitrogens with zero attached hydrogens (tertiary/aromatic N) is 1. The number of amides is 1. The molecule has 0 unspecified atom stereocenters. The second kappa shape index (κ2) is 5.40. The summed E-state index contributed by atoms with van der Waals surface area (Å²) >= 11 is 4.92. The average molecular weight is 332 g/mol. The number of aliphatic carboxylic acids is 1. The minimum Gasteiger partial charge on any atom is -0.481 e. The summed E-state index contributed by atoms with van der Waals surface area (Å²) in [5, 5.41) is 8.93. The van der Waals surface area contributed by atoms with Crippen molar-refractivity contribution < 1.29 is 14.7 Å². The van der Waals surface area contributed by atoms with Crippen LogP contribution in [0.2, 0.25) is 0 Å². The van der Waals surface area contributed by atoms with E-state index in [0.717, 1.165) is 8.66 Å². The summed E-state index contributed by atoms with van der Waals surface area (Å²) in [7, 11) is 0. The quantitative estimate of drug-likeness (QED) is 0.925. The number of carboxylic acid groups (broad SMARTS) is 1. The van der Waals surface area contributed by atoms with Gasteiger partial charge in [-0.2, -0.15) is 0 Å². The first kappa shape index (κ1) is 13.5. The lowest BCUT2D eigenvalue weighted by Gasteiger charge is -2.19. The molecule has 0 saturated carbocycles. The van der Waals surface area contributed by atoms with Gasteiger partial charge in [0.05, 0.1) is 15.6 Å². The van der Waals surface area contributed by atoms with Gasteiger partial charge in [0.25, 0.3) is 0 Å². The highest BCUT2D eigenvalue weighted by Crippen LogP contribution is 2.30. The third-order valence-electron chi connectivity index (χ3n) is 3.24. The summed E-state index contributed by atoms with van der Waals surface area (Å²) in [6, 6.07) is 3.86. The minimum atomic E-state index is -0.808. The molecule has 2 heterocycles. The van der Waals surface area contributed by atoms with Crippen molar-refractivity contribution >= 4 is 39.1 Å². The van der Waals surface area contributed by atoms with E-state index < -0.39 is 11.9 Å². The molecule has 1 N–H and O–H groups in total. The molecule has 1 saturated heterocycles. The number of carboxylic acids is 1. The summed E-state index contributed by atoms with van der Waals surface area (Å²) in [6.07, 6.45) is 0.557. The number of hydrogen-bond donors (Lipinski definition) is 1. The van der Waals surface area contributed by atoms with Crippen LogP contribution in [0.3, 0.4) is 0 Å². The molecule has 98 valence electrons. The van der Waals surface area contributed by atoms with Crippen LogP contribution >= 0.6 is 27.3 Å². The second-order valence-electron chi connectivity index (χ2n) is 4.47. The maximum atomic E-state index is 12.2. The molecule has 2 atom stereocenters. The van der Waals surface area contributed by atoms with Gasteiger partial charge < -0.3 is 10.0 Å². The van der Waals surface area contributed by atoms with Gasteiger partial charge in [-0.15, -0.1) is 11.3 Å². The molecule has 0 bridgehead atoms. The second-order valence-corrected chi connectivity index (χ2v) is 6.97. The molecule has 0 aromatic carbocycles. The number of rotatable bonds is 3. The fourth-order valence-corrected chi connectivity index (χ4v) is 3.59. The molecule has 2 rings (SSSR count). The molecule has 1 aliphatic rings. The standard InChI is InChI=1S/C12H14BrNO3S/c1-7(9-2-3-10(13)18-9)11(15)14-5-4-8(6-14)12(16)17/h2-3,7-8H,4-6H2,1H3,(H,16,17)/t7-,8-/m1/s1. The van der Waals surface area contributed by atoms with Crippen molar-refractivity contribution in [2.24, 2.45) is 5.92 Å². The summed E-state index contributed by atoms with van der Waals surface area (Å²) in [5.41, 5.74) is 0. The van der Waals surface area contributed by atoms with Crippen molar-refractivity contribution in [3.63, 3.8) is 0 Å². The van der Waals surface area contributed by atoms with Gasteiger partial charge in [-0.25, -0.2) is 0 Å². The van der Waals surface area contributed by atoms with Gasteiger partial charge in [0, 0.05) is 18.0 Å². The van der Waals surface area contributed by atoms with Crippen LogP contribution in [0.4, 0.5) is 0 Å². The Labute approximate surface area is 118 Å². The molecule has 6 heteroatoms. The van der Waals surface area contributed by atoms with Crippen molar-refractivity contribution in [2.75, 3.05) is 13.1 Å². The lowest BCUT2D eigenvalue weighted by molar-refractivity contribution is -0.141. The lowest BCUT2D eigenvalue weighted by atomic mass is 10.1. The Kier molecular flexibility index (Phi) is 4.07. The summed E-state index contributed by atoms with van der Waals surface area (Å²) in [5.74, 6) is -1.39. The summed E-state index contributed by atoms with van der Waals surface area (Å²) in [6.45, 7) is 2.76. The highest BCUT2D eigenvalue weighted by molar-refractivity contribution is 9.11. The van der Waals surface area contributed by atoms with E-state index in [2.05, 4.69) is 15.9 Å². The topological polar surface area (TPSA) is 57.6 Å². The van der Waals surface area contributed by atoms with Crippen molar-refractivity contribution in [1.82, 2.24) is 4.90 Å². The van der Waals surface area contributed by atoms with Gasteiger partial charge in [0.1, 0.15) is 0 Å². The van der Waals surface area contributed by atoms with Gasteiger partial charge >= 0.3 is 5.97 Å². The van der Waals surface area contributed by atoms with E-state index in [1.165, 1.54) is 0 Å². The zero-order chi connectivity index (χ0) is 13.3. The van der Waals surface area contributed by atoms with Crippen LogP contribution in [0, 0.1) is 5.92 Å². The highest BCUT2D eigenvalue weighted by Gasteiger charge is 2.33. The van der Waals surface area contributed by atoms with E-state index in [1.54, 1.807) is 16.2 Å². The van der Waals surface area contributed by atoms with Gasteiger partial charge in [-0.3, -0.25) is 9.59 Å². The van der Waals surface area contributed by atoms with E-state index in [9.17, 15) is 9.59 Å². The first-order chi connectivity index (χ1) is 8.49. The third-order valence-corrected chi connectivity index (χ3v) is 5.05. The third kappa shape index (κ3) is 2.75. The zero-order valence-electron chi connectivity index (χ0n) is 9.93. The van der Waals surface area contributed by atoms with Crippen molar-refractivity contribution in [3.8, 4) is 0 Å². The van der Waals surface area contributed by atoms with Crippen LogP contribution in [0.5, 0.6) is 0 Å². The SMILES string of the molecule is C[C@@H](C(=O)N1CC[C@@H](C(=O)O)C1)c1ccc(Br)s1. The fraction of sp³-hybridized carbons (Fsp3) is 0.500. The Hall–Kier alpha value is -0.880. The number of halogens is 1. The molecule has 0 spiro atoms. The average Bonchev–Trinajstić information content (AvgIpc) is 2.95. The van der Waals surface area contributed by atoms with Crippen LogP contribution in [0.1, 0.15) is 24.1 Å². The summed E-state index contributed by atoms with van der Waals surface area (Å²) < 4.78 is 1.00. The number of carbonyl (C=O) groups excluding carboxylic acids is 1. The monoisotopic (exact) mass is 331 g/mol. The Bertz CT molecular complexity index is 474. The molecule has 1 fully saturated rings. The first-order valence-corrected chi connectivity index (χ1v) is 7.37. The van der Waals surface area contributed by atoms with Gasteiger partial charge in [0.2, 0.25) is 5.91 Å². The zero-order valence-corrected chi connectivity index (χ0v) is 12.3. The maximum absolute atomic E-state index is 12.2. The molecule has 1 aliphatic heterocycles. The van der Waals surface area contributed by atoms with Crippen LogP contribution in [0.15, 0.2) is 15.9 Å². The smallest absolute Gasteiger partial charge is 0.308 e. The lowest BCUT2D eigenvalue weighted by Crippen LogP contribution is -2.32. The summed E-state index contributed by atoms with van der Waals surface area (Å²) in [4.78, 5) is 25.8. The van der Waals surface area contributed by atoms with Crippen LogP contribution < -0.4 is 0 Å². The van der Waals surface area contributed by atoms with Crippen molar-refractivity contribution in [2.45, 2.75) is 19.3 Å². The molecule has 1 amide bonds. The molecule has 1 aromatic rings. The van der Waals surface area contributed by atoms with E-state index in [4.69, 9.17) is 5.11 Å². The maximum Gasteiger partial charge on any atom is 0.308 e. The molecule has 0 radical (unpaired) electrons. The van der Waals surface area contributed by atoms with Crippen LogP contribution in [-0.2, 0) is 9.59 Å².